The van der Waals surface area contributed by atoms with Crippen molar-refractivity contribution in [2.45, 2.75) is 26.4 Å². The van der Waals surface area contributed by atoms with Gasteiger partial charge in [0.25, 0.3) is 0 Å². The van der Waals surface area contributed by atoms with E-state index in [0.717, 1.165) is 13.2 Å². The van der Waals surface area contributed by atoms with Crippen LogP contribution in [0.25, 0.3) is 0 Å². The van der Waals surface area contributed by atoms with Gasteiger partial charge in [-0.1, -0.05) is 0 Å². The summed E-state index contributed by atoms with van der Waals surface area (Å²) in [5.74, 6) is 0. The fourth-order valence-electron chi connectivity index (χ4n) is 0.683. The van der Waals surface area contributed by atoms with Gasteiger partial charge in [0.1, 0.15) is 0 Å². The Morgan fingerprint density at radius 2 is 2.09 bits per heavy atom. The van der Waals surface area contributed by atoms with Crippen LogP contribution < -0.4 is 5.32 Å². The summed E-state index contributed by atoms with van der Waals surface area (Å²) in [6.07, 6.45) is 0. The first-order valence-corrected chi connectivity index (χ1v) is 4.07. The van der Waals surface area contributed by atoms with Crippen LogP contribution in [0.15, 0.2) is 0 Å². The molecule has 0 aliphatic heterocycles. The Morgan fingerprint density at radius 1 is 1.45 bits per heavy atom. The van der Waals surface area contributed by atoms with E-state index in [1.807, 2.05) is 6.92 Å². The van der Waals surface area contributed by atoms with Crippen LogP contribution in [0.3, 0.4) is 0 Å². The molecule has 0 aromatic rings. The summed E-state index contributed by atoms with van der Waals surface area (Å²) in [5.41, 5.74) is -0.619. The van der Waals surface area contributed by atoms with Crippen LogP contribution in [0.5, 0.6) is 0 Å². The number of hydrogen-bond acceptors (Lipinski definition) is 3. The van der Waals surface area contributed by atoms with Crippen molar-refractivity contribution in [3.8, 4) is 0 Å². The molecule has 0 aromatic heterocycles. The smallest absolute Gasteiger partial charge is 0.0715 e. The zero-order valence-corrected chi connectivity index (χ0v) is 7.68. The van der Waals surface area contributed by atoms with Gasteiger partial charge in [0.2, 0.25) is 0 Å². The van der Waals surface area contributed by atoms with Crippen LogP contribution >= 0.6 is 0 Å². The van der Waals surface area contributed by atoms with Crippen molar-refractivity contribution in [3.05, 3.63) is 0 Å². The van der Waals surface area contributed by atoms with Crippen LogP contribution in [-0.2, 0) is 4.74 Å². The normalized spacial score (nSPS) is 12.0. The Bertz CT molecular complexity index is 88.6. The van der Waals surface area contributed by atoms with E-state index in [-0.39, 0.29) is 0 Å². The fraction of sp³-hybridized carbons (Fsp3) is 1.00. The van der Waals surface area contributed by atoms with Gasteiger partial charge >= 0.3 is 0 Å². The van der Waals surface area contributed by atoms with Crippen LogP contribution in [0, 0.1) is 0 Å². The molecule has 0 radical (unpaired) electrons. The van der Waals surface area contributed by atoms with E-state index in [1.165, 1.54) is 0 Å². The Balaban J connectivity index is 3.02. The van der Waals surface area contributed by atoms with Gasteiger partial charge in [-0.15, -0.1) is 0 Å². The zero-order valence-electron chi connectivity index (χ0n) is 7.68. The molecule has 0 saturated carbocycles. The maximum absolute atomic E-state index is 9.27. The van der Waals surface area contributed by atoms with Gasteiger partial charge < -0.3 is 15.2 Å². The van der Waals surface area contributed by atoms with E-state index >= 15 is 0 Å². The third kappa shape index (κ3) is 9.88. The Morgan fingerprint density at radius 3 is 2.55 bits per heavy atom. The molecule has 0 heterocycles. The molecule has 68 valence electrons. The highest BCUT2D eigenvalue weighted by Crippen LogP contribution is 1.96. The third-order valence-corrected chi connectivity index (χ3v) is 1.18. The first-order valence-electron chi connectivity index (χ1n) is 4.07. The second kappa shape index (κ2) is 5.52. The molecule has 0 aliphatic carbocycles. The van der Waals surface area contributed by atoms with Crippen LogP contribution in [0.4, 0.5) is 0 Å². The summed E-state index contributed by atoms with van der Waals surface area (Å²) < 4.78 is 5.10. The van der Waals surface area contributed by atoms with E-state index in [0.29, 0.717) is 13.2 Å². The number of aliphatic hydroxyl groups is 1. The van der Waals surface area contributed by atoms with Crippen molar-refractivity contribution in [1.29, 1.82) is 0 Å². The monoisotopic (exact) mass is 161 g/mol. The lowest BCUT2D eigenvalue weighted by Crippen LogP contribution is -2.36. The predicted octanol–water partition coefficient (Wildman–Crippen LogP) is 0.383. The molecule has 3 heteroatoms. The van der Waals surface area contributed by atoms with E-state index in [1.54, 1.807) is 13.8 Å². The highest BCUT2D eigenvalue weighted by molar-refractivity contribution is 4.67. The Labute approximate surface area is 68.8 Å². The van der Waals surface area contributed by atoms with E-state index in [4.69, 9.17) is 4.74 Å². The first kappa shape index (κ1) is 10.9. The molecule has 0 aromatic carbocycles. The fourth-order valence-corrected chi connectivity index (χ4v) is 0.683. The highest BCUT2D eigenvalue weighted by atomic mass is 16.5. The van der Waals surface area contributed by atoms with Crippen molar-refractivity contribution < 1.29 is 9.84 Å². The van der Waals surface area contributed by atoms with Crippen LogP contribution in [-0.4, -0.2) is 37.0 Å². The second-order valence-corrected chi connectivity index (χ2v) is 3.19. The van der Waals surface area contributed by atoms with Crippen molar-refractivity contribution in [2.75, 3.05) is 26.3 Å². The molecule has 0 saturated heterocycles. The molecule has 0 unspecified atom stereocenters. The topological polar surface area (TPSA) is 41.5 Å². The minimum Gasteiger partial charge on any atom is -0.389 e. The lowest BCUT2D eigenvalue weighted by atomic mass is 10.1. The maximum Gasteiger partial charge on any atom is 0.0715 e. The largest absolute Gasteiger partial charge is 0.389 e. The Hall–Kier alpha value is -0.120. The molecule has 0 bridgehead atoms. The molecule has 3 nitrogen and oxygen atoms in total. The molecular formula is C8H19NO2. The van der Waals surface area contributed by atoms with Gasteiger partial charge in [-0.05, 0) is 20.8 Å². The lowest BCUT2D eigenvalue weighted by molar-refractivity contribution is 0.0753. The maximum atomic E-state index is 9.27. The van der Waals surface area contributed by atoms with Crippen LogP contribution in [0.2, 0.25) is 0 Å². The molecule has 0 rings (SSSR count). The molecular weight excluding hydrogens is 142 g/mol. The summed E-state index contributed by atoms with van der Waals surface area (Å²) in [4.78, 5) is 0. The average Bonchev–Trinajstić information content (AvgIpc) is 1.85. The van der Waals surface area contributed by atoms with E-state index in [9.17, 15) is 5.11 Å². The molecule has 0 amide bonds. The molecule has 0 spiro atoms. The van der Waals surface area contributed by atoms with Gasteiger partial charge in [0, 0.05) is 19.7 Å². The number of ether oxygens (including phenoxy) is 1. The first-order chi connectivity index (χ1) is 5.06. The Kier molecular flexibility index (Phi) is 5.46. The summed E-state index contributed by atoms with van der Waals surface area (Å²) in [6.45, 7) is 8.41. The predicted molar refractivity (Wildman–Crippen MR) is 45.7 cm³/mol. The van der Waals surface area contributed by atoms with E-state index < -0.39 is 5.60 Å². The van der Waals surface area contributed by atoms with Gasteiger partial charge in [-0.2, -0.15) is 0 Å². The second-order valence-electron chi connectivity index (χ2n) is 3.19. The highest BCUT2D eigenvalue weighted by Gasteiger charge is 2.10. The van der Waals surface area contributed by atoms with Crippen molar-refractivity contribution in [3.63, 3.8) is 0 Å². The zero-order chi connectivity index (χ0) is 8.74. The van der Waals surface area contributed by atoms with Crippen molar-refractivity contribution in [1.82, 2.24) is 5.32 Å². The quantitative estimate of drug-likeness (QED) is 0.553. The SMILES string of the molecule is CCOCCNCC(C)(C)O. The summed E-state index contributed by atoms with van der Waals surface area (Å²) >= 11 is 0. The molecule has 0 atom stereocenters. The number of hydrogen-bond donors (Lipinski definition) is 2. The standard InChI is InChI=1S/C8H19NO2/c1-4-11-6-5-9-7-8(2,3)10/h9-10H,4-7H2,1-3H3. The van der Waals surface area contributed by atoms with Gasteiger partial charge in [0.15, 0.2) is 0 Å². The minimum absolute atomic E-state index is 0.611. The third-order valence-electron chi connectivity index (χ3n) is 1.18. The molecule has 2 N–H and O–H groups in total. The van der Waals surface area contributed by atoms with Gasteiger partial charge in [-0.3, -0.25) is 0 Å². The summed E-state index contributed by atoms with van der Waals surface area (Å²) in [7, 11) is 0. The van der Waals surface area contributed by atoms with Crippen molar-refractivity contribution in [2.24, 2.45) is 0 Å². The van der Waals surface area contributed by atoms with Gasteiger partial charge in [-0.25, -0.2) is 0 Å². The summed E-state index contributed by atoms with van der Waals surface area (Å²) in [6, 6.07) is 0. The molecule has 0 fully saturated rings. The average molecular weight is 161 g/mol. The van der Waals surface area contributed by atoms with E-state index in [2.05, 4.69) is 5.32 Å². The number of nitrogens with one attached hydrogen (secondary N) is 1. The van der Waals surface area contributed by atoms with Crippen molar-refractivity contribution >= 4 is 0 Å². The molecule has 11 heavy (non-hydrogen) atoms. The van der Waals surface area contributed by atoms with Crippen LogP contribution in [0.1, 0.15) is 20.8 Å². The minimum atomic E-state index is -0.619. The number of rotatable bonds is 6. The van der Waals surface area contributed by atoms with Gasteiger partial charge in [0.05, 0.1) is 12.2 Å². The molecule has 0 aliphatic rings. The lowest BCUT2D eigenvalue weighted by Gasteiger charge is -2.17. The summed E-state index contributed by atoms with van der Waals surface area (Å²) in [5, 5.41) is 12.4.